The second kappa shape index (κ2) is 3.80. The van der Waals surface area contributed by atoms with Gasteiger partial charge in [0.05, 0.1) is 5.60 Å². The van der Waals surface area contributed by atoms with E-state index in [-0.39, 0.29) is 6.04 Å². The summed E-state index contributed by atoms with van der Waals surface area (Å²) >= 11 is 0. The number of piperidine rings is 1. The molecule has 0 aromatic rings. The van der Waals surface area contributed by atoms with E-state index in [4.69, 9.17) is 5.73 Å². The Hall–Kier alpha value is -0.540. The van der Waals surface area contributed by atoms with Gasteiger partial charge in [-0.3, -0.25) is 0 Å². The lowest BCUT2D eigenvalue weighted by atomic mass is 9.70. The maximum atomic E-state index is 10.1. The van der Waals surface area contributed by atoms with E-state index >= 15 is 0 Å². The third-order valence-electron chi connectivity index (χ3n) is 3.99. The highest BCUT2D eigenvalue weighted by Crippen LogP contribution is 2.40. The summed E-state index contributed by atoms with van der Waals surface area (Å²) in [5.41, 5.74) is 6.39. The zero-order valence-corrected chi connectivity index (χ0v) is 9.58. The van der Waals surface area contributed by atoms with Gasteiger partial charge in [-0.15, -0.1) is 0 Å². The zero-order valence-electron chi connectivity index (χ0n) is 9.58. The highest BCUT2D eigenvalue weighted by atomic mass is 16.3. The van der Waals surface area contributed by atoms with Crippen LogP contribution in [0.5, 0.6) is 0 Å². The average molecular weight is 210 g/mol. The second-order valence-electron chi connectivity index (χ2n) is 5.17. The number of likely N-dealkylation sites (tertiary alicyclic amines) is 1. The Kier molecular flexibility index (Phi) is 2.77. The van der Waals surface area contributed by atoms with Gasteiger partial charge < -0.3 is 15.7 Å². The van der Waals surface area contributed by atoms with Crippen molar-refractivity contribution in [3.8, 4) is 0 Å². The molecule has 2 fully saturated rings. The lowest BCUT2D eigenvalue weighted by molar-refractivity contribution is -0.0996. The first kappa shape index (κ1) is 11.0. The van der Waals surface area contributed by atoms with Crippen LogP contribution >= 0.6 is 0 Å². The van der Waals surface area contributed by atoms with Crippen LogP contribution in [-0.2, 0) is 0 Å². The quantitative estimate of drug-likeness (QED) is 0.720. The molecule has 1 heterocycles. The fraction of sp³-hybridized carbons (Fsp3) is 0.833. The smallest absolute Gasteiger partial charge is 0.0834 e. The van der Waals surface area contributed by atoms with Crippen molar-refractivity contribution in [1.29, 1.82) is 0 Å². The molecule has 0 radical (unpaired) electrons. The van der Waals surface area contributed by atoms with Gasteiger partial charge in [0, 0.05) is 24.3 Å². The Balaban J connectivity index is 1.90. The normalized spacial score (nSPS) is 38.7. The van der Waals surface area contributed by atoms with Gasteiger partial charge in [-0.05, 0) is 39.0 Å². The molecule has 2 rings (SSSR count). The van der Waals surface area contributed by atoms with Crippen LogP contribution in [-0.4, -0.2) is 34.2 Å². The monoisotopic (exact) mass is 210 g/mol. The van der Waals surface area contributed by atoms with Crippen LogP contribution in [0.3, 0.4) is 0 Å². The SMILES string of the molecule is C=C1CCCCN1C1CC(O)(C(C)N)C1. The third-order valence-corrected chi connectivity index (χ3v) is 3.99. The summed E-state index contributed by atoms with van der Waals surface area (Å²) in [4.78, 5) is 2.38. The lowest BCUT2D eigenvalue weighted by Gasteiger charge is -2.52. The molecule has 2 aliphatic rings. The Labute approximate surface area is 91.9 Å². The fourth-order valence-corrected chi connectivity index (χ4v) is 2.70. The minimum Gasteiger partial charge on any atom is -0.388 e. The Morgan fingerprint density at radius 2 is 2.20 bits per heavy atom. The van der Waals surface area contributed by atoms with Crippen LogP contribution in [0.1, 0.15) is 39.0 Å². The summed E-state index contributed by atoms with van der Waals surface area (Å²) in [6.07, 6.45) is 5.26. The van der Waals surface area contributed by atoms with Crippen molar-refractivity contribution in [3.63, 3.8) is 0 Å². The molecule has 15 heavy (non-hydrogen) atoms. The molecular formula is C12H22N2O. The first-order chi connectivity index (χ1) is 7.03. The van der Waals surface area contributed by atoms with Gasteiger partial charge in [-0.1, -0.05) is 6.58 Å². The third kappa shape index (κ3) is 1.91. The molecule has 3 N–H and O–H groups in total. The molecule has 3 nitrogen and oxygen atoms in total. The van der Waals surface area contributed by atoms with Crippen molar-refractivity contribution in [2.45, 2.75) is 56.7 Å². The first-order valence-electron chi connectivity index (χ1n) is 5.95. The van der Waals surface area contributed by atoms with Gasteiger partial charge >= 0.3 is 0 Å². The average Bonchev–Trinajstić information content (AvgIpc) is 2.14. The van der Waals surface area contributed by atoms with Crippen LogP contribution in [0.15, 0.2) is 12.3 Å². The number of hydrogen-bond donors (Lipinski definition) is 2. The van der Waals surface area contributed by atoms with E-state index in [1.165, 1.54) is 18.5 Å². The molecule has 1 aliphatic heterocycles. The minimum atomic E-state index is -0.623. The molecule has 1 saturated carbocycles. The van der Waals surface area contributed by atoms with Crippen molar-refractivity contribution in [3.05, 3.63) is 12.3 Å². The maximum Gasteiger partial charge on any atom is 0.0834 e. The summed E-state index contributed by atoms with van der Waals surface area (Å²) < 4.78 is 0. The van der Waals surface area contributed by atoms with Crippen molar-refractivity contribution < 1.29 is 5.11 Å². The molecule has 0 bridgehead atoms. The number of allylic oxidation sites excluding steroid dienone is 1. The van der Waals surface area contributed by atoms with Crippen molar-refractivity contribution in [2.24, 2.45) is 5.73 Å². The first-order valence-corrected chi connectivity index (χ1v) is 5.95. The van der Waals surface area contributed by atoms with E-state index < -0.39 is 5.60 Å². The molecular weight excluding hydrogens is 188 g/mol. The highest BCUT2D eigenvalue weighted by molar-refractivity contribution is 5.10. The zero-order chi connectivity index (χ0) is 11.1. The number of rotatable bonds is 2. The van der Waals surface area contributed by atoms with Crippen molar-refractivity contribution >= 4 is 0 Å². The van der Waals surface area contributed by atoms with Gasteiger partial charge in [-0.25, -0.2) is 0 Å². The van der Waals surface area contributed by atoms with E-state index in [0.29, 0.717) is 6.04 Å². The fourth-order valence-electron chi connectivity index (χ4n) is 2.70. The standard InChI is InChI=1S/C12H22N2O/c1-9-5-3-4-6-14(9)11-7-12(15,8-11)10(2)13/h10-11,15H,1,3-8,13H2,2H3. The van der Waals surface area contributed by atoms with Gasteiger partial charge in [0.25, 0.3) is 0 Å². The summed E-state index contributed by atoms with van der Waals surface area (Å²) in [6, 6.07) is 0.362. The molecule has 86 valence electrons. The minimum absolute atomic E-state index is 0.119. The predicted molar refractivity (Wildman–Crippen MR) is 61.3 cm³/mol. The molecule has 1 unspecified atom stereocenters. The van der Waals surface area contributed by atoms with Crippen LogP contribution in [0.4, 0.5) is 0 Å². The molecule has 3 heteroatoms. The van der Waals surface area contributed by atoms with E-state index in [1.54, 1.807) is 0 Å². The van der Waals surface area contributed by atoms with Gasteiger partial charge in [0.2, 0.25) is 0 Å². The Morgan fingerprint density at radius 1 is 1.53 bits per heavy atom. The van der Waals surface area contributed by atoms with Crippen LogP contribution < -0.4 is 5.73 Å². The number of nitrogens with zero attached hydrogens (tertiary/aromatic N) is 1. The van der Waals surface area contributed by atoms with Gasteiger partial charge in [0.1, 0.15) is 0 Å². The van der Waals surface area contributed by atoms with E-state index in [0.717, 1.165) is 25.8 Å². The summed E-state index contributed by atoms with van der Waals surface area (Å²) in [7, 11) is 0. The van der Waals surface area contributed by atoms with Crippen molar-refractivity contribution in [2.75, 3.05) is 6.54 Å². The second-order valence-corrected chi connectivity index (χ2v) is 5.17. The highest BCUT2D eigenvalue weighted by Gasteiger charge is 2.48. The van der Waals surface area contributed by atoms with E-state index in [2.05, 4.69) is 11.5 Å². The molecule has 0 spiro atoms. The molecule has 0 amide bonds. The Morgan fingerprint density at radius 3 is 2.73 bits per heavy atom. The number of aliphatic hydroxyl groups is 1. The van der Waals surface area contributed by atoms with E-state index in [9.17, 15) is 5.11 Å². The molecule has 1 aliphatic carbocycles. The van der Waals surface area contributed by atoms with Crippen molar-refractivity contribution in [1.82, 2.24) is 4.90 Å². The topological polar surface area (TPSA) is 49.5 Å². The summed E-state index contributed by atoms with van der Waals surface area (Å²) in [6.45, 7) is 7.10. The molecule has 1 saturated heterocycles. The molecule has 0 aromatic heterocycles. The number of hydrogen-bond acceptors (Lipinski definition) is 3. The van der Waals surface area contributed by atoms with E-state index in [1.807, 2.05) is 6.92 Å². The van der Waals surface area contributed by atoms with Crippen LogP contribution in [0.2, 0.25) is 0 Å². The van der Waals surface area contributed by atoms with Crippen LogP contribution in [0.25, 0.3) is 0 Å². The molecule has 0 aromatic carbocycles. The maximum absolute atomic E-state index is 10.1. The number of nitrogens with two attached hydrogens (primary N) is 1. The van der Waals surface area contributed by atoms with Gasteiger partial charge in [0.15, 0.2) is 0 Å². The Bertz CT molecular complexity index is 256. The molecule has 1 atom stereocenters. The largest absolute Gasteiger partial charge is 0.388 e. The van der Waals surface area contributed by atoms with Gasteiger partial charge in [-0.2, -0.15) is 0 Å². The van der Waals surface area contributed by atoms with Crippen LogP contribution in [0, 0.1) is 0 Å². The lowest BCUT2D eigenvalue weighted by Crippen LogP contribution is -2.62. The summed E-state index contributed by atoms with van der Waals surface area (Å²) in [5, 5.41) is 10.1. The summed E-state index contributed by atoms with van der Waals surface area (Å²) in [5.74, 6) is 0. The predicted octanol–water partition coefficient (Wildman–Crippen LogP) is 1.23.